The smallest absolute Gasteiger partial charge is 0.0456 e. The molecule has 0 saturated carbocycles. The van der Waals surface area contributed by atoms with Gasteiger partial charge in [0, 0.05) is 42.7 Å². The number of benzene rings is 2. The summed E-state index contributed by atoms with van der Waals surface area (Å²) < 4.78 is 0. The van der Waals surface area contributed by atoms with Gasteiger partial charge in [0.25, 0.3) is 0 Å². The lowest BCUT2D eigenvalue weighted by molar-refractivity contribution is 0.295. The zero-order valence-corrected chi connectivity index (χ0v) is 15.3. The highest BCUT2D eigenvalue weighted by Gasteiger charge is 2.27. The van der Waals surface area contributed by atoms with Gasteiger partial charge in [0.05, 0.1) is 0 Å². The molecule has 0 saturated heterocycles. The van der Waals surface area contributed by atoms with Gasteiger partial charge in [-0.3, -0.25) is 0 Å². The summed E-state index contributed by atoms with van der Waals surface area (Å²) in [6.07, 6.45) is 2.01. The number of nitrogens with one attached hydrogen (secondary N) is 1. The summed E-state index contributed by atoms with van der Waals surface area (Å²) >= 11 is 0. The third-order valence-electron chi connectivity index (χ3n) is 5.73. The van der Waals surface area contributed by atoms with E-state index in [0.717, 1.165) is 13.1 Å². The predicted octanol–water partition coefficient (Wildman–Crippen LogP) is 3.98. The molecule has 3 heteroatoms. The Labute approximate surface area is 149 Å². The summed E-state index contributed by atoms with van der Waals surface area (Å²) in [7, 11) is 2.21. The molecular formula is C22H27N3. The van der Waals surface area contributed by atoms with E-state index in [0.29, 0.717) is 12.5 Å². The summed E-state index contributed by atoms with van der Waals surface area (Å²) in [4.78, 5) is 5.77. The number of aromatic amines is 1. The zero-order valence-electron chi connectivity index (χ0n) is 15.3. The molecule has 0 bridgehead atoms. The van der Waals surface area contributed by atoms with E-state index in [1.165, 1.54) is 33.2 Å². The van der Waals surface area contributed by atoms with Crippen LogP contribution in [0.4, 0.5) is 0 Å². The molecule has 3 nitrogen and oxygen atoms in total. The minimum atomic E-state index is 0.0176. The van der Waals surface area contributed by atoms with Gasteiger partial charge < -0.3 is 15.6 Å². The van der Waals surface area contributed by atoms with Crippen LogP contribution in [-0.4, -0.2) is 30.0 Å². The number of nitrogens with zero attached hydrogens (tertiary/aromatic N) is 1. The molecule has 2 aromatic carbocycles. The molecule has 1 aliphatic heterocycles. The summed E-state index contributed by atoms with van der Waals surface area (Å²) in [5.74, 6) is 0.413. The first kappa shape index (κ1) is 16.4. The Morgan fingerprint density at radius 2 is 2.00 bits per heavy atom. The van der Waals surface area contributed by atoms with E-state index in [4.69, 9.17) is 5.73 Å². The summed E-state index contributed by atoms with van der Waals surface area (Å²) in [6, 6.07) is 15.9. The quantitative estimate of drug-likeness (QED) is 0.761. The van der Waals surface area contributed by atoms with E-state index in [9.17, 15) is 0 Å². The monoisotopic (exact) mass is 333 g/mol. The van der Waals surface area contributed by atoms with E-state index >= 15 is 0 Å². The molecule has 2 heterocycles. The maximum atomic E-state index is 5.99. The molecule has 3 N–H and O–H groups in total. The SMILES string of the molecule is CN1Cc2cc(C(C)(C)CN)ccc2C(c2ccc3cc[nH]c3c2)C1. The van der Waals surface area contributed by atoms with Crippen LogP contribution in [-0.2, 0) is 12.0 Å². The molecule has 0 amide bonds. The van der Waals surface area contributed by atoms with Crippen LogP contribution in [0.2, 0.25) is 0 Å². The van der Waals surface area contributed by atoms with Crippen molar-refractivity contribution >= 4 is 10.9 Å². The standard InChI is InChI=1S/C22H27N3/c1-22(2,14-23)18-6-7-19-17(10-18)12-25(3)13-20(19)16-5-4-15-8-9-24-21(15)11-16/h4-11,20,24H,12-14,23H2,1-3H3. The number of aromatic nitrogens is 1. The Morgan fingerprint density at radius 1 is 1.16 bits per heavy atom. The number of rotatable bonds is 3. The summed E-state index contributed by atoms with van der Waals surface area (Å²) in [5.41, 5.74) is 12.8. The number of hydrogen-bond acceptors (Lipinski definition) is 2. The highest BCUT2D eigenvalue weighted by molar-refractivity contribution is 5.80. The topological polar surface area (TPSA) is 45.0 Å². The molecule has 0 aliphatic carbocycles. The van der Waals surface area contributed by atoms with E-state index in [1.54, 1.807) is 0 Å². The molecule has 3 aromatic rings. The molecule has 1 unspecified atom stereocenters. The van der Waals surface area contributed by atoms with Crippen molar-refractivity contribution in [2.45, 2.75) is 31.7 Å². The number of likely N-dealkylation sites (N-methyl/N-ethyl adjacent to an activating group) is 1. The average molecular weight is 333 g/mol. The van der Waals surface area contributed by atoms with Gasteiger partial charge in [-0.2, -0.15) is 0 Å². The molecule has 25 heavy (non-hydrogen) atoms. The minimum Gasteiger partial charge on any atom is -0.361 e. The third-order valence-corrected chi connectivity index (χ3v) is 5.73. The van der Waals surface area contributed by atoms with Crippen molar-refractivity contribution in [3.05, 3.63) is 70.9 Å². The number of hydrogen-bond donors (Lipinski definition) is 2. The molecule has 0 radical (unpaired) electrons. The van der Waals surface area contributed by atoms with Crippen molar-refractivity contribution < 1.29 is 0 Å². The summed E-state index contributed by atoms with van der Waals surface area (Å²) in [5, 5.41) is 1.27. The third kappa shape index (κ3) is 2.88. The van der Waals surface area contributed by atoms with Crippen molar-refractivity contribution in [2.75, 3.05) is 20.1 Å². The van der Waals surface area contributed by atoms with Crippen LogP contribution in [0.3, 0.4) is 0 Å². The highest BCUT2D eigenvalue weighted by atomic mass is 15.1. The average Bonchev–Trinajstić information content (AvgIpc) is 3.08. The fourth-order valence-corrected chi connectivity index (χ4v) is 3.95. The molecule has 1 aliphatic rings. The van der Waals surface area contributed by atoms with Gasteiger partial charge in [0.15, 0.2) is 0 Å². The lowest BCUT2D eigenvalue weighted by Crippen LogP contribution is -2.32. The second kappa shape index (κ2) is 6.01. The largest absolute Gasteiger partial charge is 0.361 e. The van der Waals surface area contributed by atoms with Crippen LogP contribution in [0.15, 0.2) is 48.7 Å². The van der Waals surface area contributed by atoms with Crippen LogP contribution in [0.25, 0.3) is 10.9 Å². The van der Waals surface area contributed by atoms with Crippen molar-refractivity contribution in [1.82, 2.24) is 9.88 Å². The van der Waals surface area contributed by atoms with Crippen LogP contribution >= 0.6 is 0 Å². The predicted molar refractivity (Wildman–Crippen MR) is 105 cm³/mol. The maximum Gasteiger partial charge on any atom is 0.0456 e. The van der Waals surface area contributed by atoms with E-state index in [2.05, 4.69) is 73.2 Å². The molecule has 0 fully saturated rings. The Morgan fingerprint density at radius 3 is 2.80 bits per heavy atom. The van der Waals surface area contributed by atoms with Gasteiger partial charge in [0.2, 0.25) is 0 Å². The van der Waals surface area contributed by atoms with Crippen LogP contribution in [0.5, 0.6) is 0 Å². The molecule has 1 aromatic heterocycles. The Bertz CT molecular complexity index is 907. The van der Waals surface area contributed by atoms with Gasteiger partial charge in [-0.05, 0) is 46.8 Å². The van der Waals surface area contributed by atoms with E-state index in [-0.39, 0.29) is 5.41 Å². The Hall–Kier alpha value is -2.10. The molecule has 130 valence electrons. The number of fused-ring (bicyclic) bond motifs is 2. The van der Waals surface area contributed by atoms with Gasteiger partial charge >= 0.3 is 0 Å². The molecular weight excluding hydrogens is 306 g/mol. The van der Waals surface area contributed by atoms with Crippen molar-refractivity contribution in [3.63, 3.8) is 0 Å². The molecule has 1 atom stereocenters. The Balaban J connectivity index is 1.78. The summed E-state index contributed by atoms with van der Waals surface area (Å²) in [6.45, 7) is 7.16. The van der Waals surface area contributed by atoms with E-state index < -0.39 is 0 Å². The minimum absolute atomic E-state index is 0.0176. The first-order valence-corrected chi connectivity index (χ1v) is 9.07. The maximum absolute atomic E-state index is 5.99. The van der Waals surface area contributed by atoms with Crippen LogP contribution in [0, 0.1) is 0 Å². The fourth-order valence-electron chi connectivity index (χ4n) is 3.95. The van der Waals surface area contributed by atoms with Crippen LogP contribution in [0.1, 0.15) is 42.0 Å². The highest BCUT2D eigenvalue weighted by Crippen LogP contribution is 2.36. The fraction of sp³-hybridized carbons (Fsp3) is 0.364. The van der Waals surface area contributed by atoms with Crippen molar-refractivity contribution in [1.29, 1.82) is 0 Å². The normalized spacial score (nSPS) is 18.5. The van der Waals surface area contributed by atoms with Crippen LogP contribution < -0.4 is 5.73 Å². The van der Waals surface area contributed by atoms with Crippen molar-refractivity contribution in [3.8, 4) is 0 Å². The molecule has 0 spiro atoms. The second-order valence-corrected chi connectivity index (χ2v) is 8.08. The Kier molecular flexibility index (Phi) is 3.94. The van der Waals surface area contributed by atoms with Crippen molar-refractivity contribution in [2.24, 2.45) is 5.73 Å². The van der Waals surface area contributed by atoms with Gasteiger partial charge in [-0.15, -0.1) is 0 Å². The number of nitrogens with two attached hydrogens (primary N) is 1. The van der Waals surface area contributed by atoms with Gasteiger partial charge in [-0.25, -0.2) is 0 Å². The second-order valence-electron chi connectivity index (χ2n) is 8.08. The van der Waals surface area contributed by atoms with Gasteiger partial charge in [0.1, 0.15) is 0 Å². The molecule has 4 rings (SSSR count). The first-order chi connectivity index (χ1) is 12.0. The zero-order chi connectivity index (χ0) is 17.6. The van der Waals surface area contributed by atoms with Gasteiger partial charge in [-0.1, -0.05) is 44.2 Å². The lowest BCUT2D eigenvalue weighted by Gasteiger charge is -2.34. The van der Waals surface area contributed by atoms with E-state index in [1.807, 2.05) is 6.20 Å². The first-order valence-electron chi connectivity index (χ1n) is 9.07. The lowest BCUT2D eigenvalue weighted by atomic mass is 9.79. The number of H-pyrrole nitrogens is 1.